The first kappa shape index (κ1) is 23.4. The van der Waals surface area contributed by atoms with Crippen LogP contribution in [0, 0.1) is 5.82 Å². The number of piperidine rings is 1. The van der Waals surface area contributed by atoms with Gasteiger partial charge in [-0.3, -0.25) is 4.79 Å². The van der Waals surface area contributed by atoms with Gasteiger partial charge in [0.1, 0.15) is 11.4 Å². The number of likely N-dealkylation sites (tertiary alicyclic amines) is 1. The molecule has 0 aliphatic carbocycles. The second kappa shape index (κ2) is 9.88. The highest BCUT2D eigenvalue weighted by molar-refractivity contribution is 5.93. The highest BCUT2D eigenvalue weighted by Gasteiger charge is 2.52. The number of carbonyl (C=O) groups is 1. The zero-order valence-electron chi connectivity index (χ0n) is 18.3. The van der Waals surface area contributed by atoms with Gasteiger partial charge in [-0.2, -0.15) is 0 Å². The zero-order chi connectivity index (χ0) is 21.1. The van der Waals surface area contributed by atoms with Gasteiger partial charge < -0.3 is 19.6 Å². The van der Waals surface area contributed by atoms with E-state index in [1.807, 2.05) is 49.3 Å². The van der Waals surface area contributed by atoms with Gasteiger partial charge in [0, 0.05) is 45.1 Å². The van der Waals surface area contributed by atoms with E-state index in [0.717, 1.165) is 56.8 Å². The number of likely N-dealkylation sites (N-methyl/N-ethyl adjacent to an activating group) is 1. The smallest absolute Gasteiger partial charge is 0.249 e. The molecule has 0 N–H and O–H groups in total. The predicted octanol–water partition coefficient (Wildman–Crippen LogP) is 3.84. The van der Waals surface area contributed by atoms with Crippen molar-refractivity contribution in [2.45, 2.75) is 24.8 Å². The van der Waals surface area contributed by atoms with E-state index < -0.39 is 5.54 Å². The molecule has 2 aromatic carbocycles. The lowest BCUT2D eigenvalue weighted by Gasteiger charge is -2.43. The number of benzene rings is 2. The third-order valence-corrected chi connectivity index (χ3v) is 6.60. The number of anilines is 2. The summed E-state index contributed by atoms with van der Waals surface area (Å²) in [6.07, 6.45) is 2.76. The number of halogens is 2. The average Bonchev–Trinajstić information content (AvgIpc) is 3.01. The maximum Gasteiger partial charge on any atom is 0.249 e. The fourth-order valence-corrected chi connectivity index (χ4v) is 4.81. The lowest BCUT2D eigenvalue weighted by Crippen LogP contribution is -2.56. The van der Waals surface area contributed by atoms with E-state index in [0.29, 0.717) is 6.67 Å². The Morgan fingerprint density at radius 1 is 1.03 bits per heavy atom. The predicted molar refractivity (Wildman–Crippen MR) is 126 cm³/mol. The number of rotatable bonds is 6. The molecule has 31 heavy (non-hydrogen) atoms. The first-order valence-corrected chi connectivity index (χ1v) is 10.8. The minimum Gasteiger partial charge on any atom is -0.375 e. The number of nitrogens with zero attached hydrogens (tertiary/aromatic N) is 4. The summed E-state index contributed by atoms with van der Waals surface area (Å²) in [5, 5.41) is 0. The van der Waals surface area contributed by atoms with Gasteiger partial charge in [-0.25, -0.2) is 4.39 Å². The molecule has 1 spiro atoms. The van der Waals surface area contributed by atoms with Crippen LogP contribution >= 0.6 is 12.4 Å². The SMILES string of the molecule is CN1CN(c2ccccc2)C2(CCN(CCCN(C)c3ccc(F)cc3)CC2)C1=O.Cl. The zero-order valence-corrected chi connectivity index (χ0v) is 19.2. The van der Waals surface area contributed by atoms with Crippen LogP contribution in [0.15, 0.2) is 54.6 Å². The van der Waals surface area contributed by atoms with Crippen LogP contribution in [0.4, 0.5) is 15.8 Å². The number of para-hydroxylation sites is 1. The molecule has 2 fully saturated rings. The standard InChI is InChI=1S/C24H31FN4O.ClH/c1-26(21-11-9-20(25)10-12-21)15-6-16-28-17-13-24(14-18-28)23(30)27(2)19-29(24)22-7-4-3-5-8-22;/h3-5,7-12H,6,13-19H2,1-2H3;1H. The Morgan fingerprint density at radius 2 is 1.68 bits per heavy atom. The Morgan fingerprint density at radius 3 is 2.32 bits per heavy atom. The maximum absolute atomic E-state index is 13.1. The largest absolute Gasteiger partial charge is 0.375 e. The van der Waals surface area contributed by atoms with Crippen molar-refractivity contribution in [1.82, 2.24) is 9.80 Å². The summed E-state index contributed by atoms with van der Waals surface area (Å²) in [5.41, 5.74) is 1.76. The van der Waals surface area contributed by atoms with Gasteiger partial charge >= 0.3 is 0 Å². The summed E-state index contributed by atoms with van der Waals surface area (Å²) >= 11 is 0. The molecule has 0 bridgehead atoms. The van der Waals surface area contributed by atoms with Crippen molar-refractivity contribution in [3.05, 3.63) is 60.4 Å². The highest BCUT2D eigenvalue weighted by atomic mass is 35.5. The normalized spacial score (nSPS) is 18.4. The molecule has 4 rings (SSSR count). The molecule has 5 nitrogen and oxygen atoms in total. The second-order valence-corrected chi connectivity index (χ2v) is 8.53. The van der Waals surface area contributed by atoms with Crippen LogP contribution in [0.3, 0.4) is 0 Å². The van der Waals surface area contributed by atoms with Gasteiger partial charge in [0.15, 0.2) is 0 Å². The molecular weight excluding hydrogens is 415 g/mol. The Labute approximate surface area is 190 Å². The fourth-order valence-electron chi connectivity index (χ4n) is 4.81. The van der Waals surface area contributed by atoms with Crippen LogP contribution in [0.1, 0.15) is 19.3 Å². The quantitative estimate of drug-likeness (QED) is 0.674. The van der Waals surface area contributed by atoms with Gasteiger partial charge in [-0.05, 0) is 62.2 Å². The van der Waals surface area contributed by atoms with E-state index in [2.05, 4.69) is 26.8 Å². The topological polar surface area (TPSA) is 30.0 Å². The molecule has 2 aromatic rings. The van der Waals surface area contributed by atoms with Gasteiger partial charge in [-0.15, -0.1) is 12.4 Å². The molecule has 2 aliphatic heterocycles. The molecule has 168 valence electrons. The van der Waals surface area contributed by atoms with Crippen LogP contribution in [-0.2, 0) is 4.79 Å². The fraction of sp³-hybridized carbons (Fsp3) is 0.458. The molecule has 0 radical (unpaired) electrons. The lowest BCUT2D eigenvalue weighted by atomic mass is 9.85. The summed E-state index contributed by atoms with van der Waals surface area (Å²) in [7, 11) is 3.95. The van der Waals surface area contributed by atoms with Crippen molar-refractivity contribution >= 4 is 29.7 Å². The van der Waals surface area contributed by atoms with E-state index in [-0.39, 0.29) is 24.1 Å². The van der Waals surface area contributed by atoms with Crippen molar-refractivity contribution < 1.29 is 9.18 Å². The summed E-state index contributed by atoms with van der Waals surface area (Å²) in [5.74, 6) is 0.0492. The van der Waals surface area contributed by atoms with Crippen molar-refractivity contribution in [3.63, 3.8) is 0 Å². The Kier molecular flexibility index (Phi) is 7.44. The van der Waals surface area contributed by atoms with Gasteiger partial charge in [0.05, 0.1) is 6.67 Å². The highest BCUT2D eigenvalue weighted by Crippen LogP contribution is 2.38. The lowest BCUT2D eigenvalue weighted by molar-refractivity contribution is -0.132. The third kappa shape index (κ3) is 4.80. The van der Waals surface area contributed by atoms with Crippen LogP contribution in [0.2, 0.25) is 0 Å². The molecule has 2 aliphatic rings. The molecule has 0 atom stereocenters. The van der Waals surface area contributed by atoms with Crippen LogP contribution in [0.5, 0.6) is 0 Å². The third-order valence-electron chi connectivity index (χ3n) is 6.60. The first-order valence-electron chi connectivity index (χ1n) is 10.8. The minimum atomic E-state index is -0.405. The van der Waals surface area contributed by atoms with Crippen molar-refractivity contribution in [2.24, 2.45) is 0 Å². The number of carbonyl (C=O) groups excluding carboxylic acids is 1. The van der Waals surface area contributed by atoms with Gasteiger partial charge in [-0.1, -0.05) is 18.2 Å². The molecule has 2 saturated heterocycles. The van der Waals surface area contributed by atoms with Crippen LogP contribution in [0.25, 0.3) is 0 Å². The average molecular weight is 447 g/mol. The number of amides is 1. The minimum absolute atomic E-state index is 0. The summed E-state index contributed by atoms with van der Waals surface area (Å²) in [6, 6.07) is 17.0. The monoisotopic (exact) mass is 446 g/mol. The van der Waals surface area contributed by atoms with E-state index in [9.17, 15) is 9.18 Å². The first-order chi connectivity index (χ1) is 14.5. The van der Waals surface area contributed by atoms with Crippen molar-refractivity contribution in [2.75, 3.05) is 56.7 Å². The van der Waals surface area contributed by atoms with E-state index in [4.69, 9.17) is 0 Å². The molecule has 2 heterocycles. The molecule has 0 unspecified atom stereocenters. The van der Waals surface area contributed by atoms with E-state index in [1.165, 1.54) is 12.1 Å². The summed E-state index contributed by atoms with van der Waals surface area (Å²) < 4.78 is 13.1. The molecular formula is C24H32ClFN4O. The van der Waals surface area contributed by atoms with Crippen LogP contribution in [-0.4, -0.2) is 68.2 Å². The molecule has 7 heteroatoms. The Bertz CT molecular complexity index is 856. The molecule has 1 amide bonds. The number of hydrogen-bond acceptors (Lipinski definition) is 4. The molecule has 0 saturated carbocycles. The number of hydrogen-bond donors (Lipinski definition) is 0. The van der Waals surface area contributed by atoms with Gasteiger partial charge in [0.2, 0.25) is 5.91 Å². The van der Waals surface area contributed by atoms with Crippen molar-refractivity contribution in [1.29, 1.82) is 0 Å². The maximum atomic E-state index is 13.1. The van der Waals surface area contributed by atoms with E-state index in [1.54, 1.807) is 0 Å². The Balaban J connectivity index is 0.00000272. The van der Waals surface area contributed by atoms with Crippen LogP contribution < -0.4 is 9.80 Å². The Hall–Kier alpha value is -2.31. The molecule has 0 aromatic heterocycles. The van der Waals surface area contributed by atoms with E-state index >= 15 is 0 Å². The summed E-state index contributed by atoms with van der Waals surface area (Å²) in [6.45, 7) is 4.46. The second-order valence-electron chi connectivity index (χ2n) is 8.53. The van der Waals surface area contributed by atoms with Crippen molar-refractivity contribution in [3.8, 4) is 0 Å². The summed E-state index contributed by atoms with van der Waals surface area (Å²) in [4.78, 5) is 21.9. The van der Waals surface area contributed by atoms with Gasteiger partial charge in [0.25, 0.3) is 0 Å².